The van der Waals surface area contributed by atoms with Gasteiger partial charge in [0, 0.05) is 19.3 Å². The van der Waals surface area contributed by atoms with Gasteiger partial charge in [-0.1, -0.05) is 229 Å². The summed E-state index contributed by atoms with van der Waals surface area (Å²) in [6, 6.07) is 0. The molecule has 0 spiro atoms. The van der Waals surface area contributed by atoms with Crippen molar-refractivity contribution in [3.05, 3.63) is 60.8 Å². The first-order chi connectivity index (χ1) is 33.0. The molecule has 0 radical (unpaired) electrons. The average molecular weight is 938 g/mol. The summed E-state index contributed by atoms with van der Waals surface area (Å²) in [5.41, 5.74) is 0. The van der Waals surface area contributed by atoms with Gasteiger partial charge in [-0.3, -0.25) is 14.4 Å². The fourth-order valence-corrected chi connectivity index (χ4v) is 8.09. The number of rotatable bonds is 52. The largest absolute Gasteiger partial charge is 0.462 e. The van der Waals surface area contributed by atoms with E-state index >= 15 is 0 Å². The molecule has 0 aliphatic carbocycles. The first kappa shape index (κ1) is 64.1. The number of ether oxygens (including phenoxy) is 3. The van der Waals surface area contributed by atoms with Gasteiger partial charge in [0.2, 0.25) is 0 Å². The smallest absolute Gasteiger partial charge is 0.306 e. The van der Waals surface area contributed by atoms with E-state index in [1.165, 1.54) is 161 Å². The number of allylic oxidation sites excluding steroid dienone is 10. The summed E-state index contributed by atoms with van der Waals surface area (Å²) in [7, 11) is 0. The monoisotopic (exact) mass is 937 g/mol. The van der Waals surface area contributed by atoms with Gasteiger partial charge in [-0.2, -0.15) is 0 Å². The van der Waals surface area contributed by atoms with Crippen LogP contribution in [0.1, 0.15) is 290 Å². The summed E-state index contributed by atoms with van der Waals surface area (Å²) >= 11 is 0. The van der Waals surface area contributed by atoms with Crippen LogP contribution in [0.25, 0.3) is 0 Å². The van der Waals surface area contributed by atoms with Crippen LogP contribution in [-0.4, -0.2) is 37.2 Å². The molecule has 0 aromatic carbocycles. The van der Waals surface area contributed by atoms with Crippen LogP contribution in [0, 0.1) is 0 Å². The van der Waals surface area contributed by atoms with Gasteiger partial charge in [0.25, 0.3) is 0 Å². The molecule has 0 heterocycles. The second kappa shape index (κ2) is 55.7. The molecule has 67 heavy (non-hydrogen) atoms. The van der Waals surface area contributed by atoms with Crippen LogP contribution in [-0.2, 0) is 28.6 Å². The molecule has 0 rings (SSSR count). The lowest BCUT2D eigenvalue weighted by Crippen LogP contribution is -2.30. The molecule has 0 aliphatic heterocycles. The fourth-order valence-electron chi connectivity index (χ4n) is 8.09. The molecule has 6 nitrogen and oxygen atoms in total. The van der Waals surface area contributed by atoms with Crippen molar-refractivity contribution in [2.24, 2.45) is 0 Å². The van der Waals surface area contributed by atoms with E-state index < -0.39 is 6.10 Å². The Bertz CT molecular complexity index is 1210. The summed E-state index contributed by atoms with van der Waals surface area (Å²) in [6.07, 6.45) is 69.3. The Kier molecular flexibility index (Phi) is 53.3. The molecule has 0 bridgehead atoms. The molecule has 6 heteroatoms. The summed E-state index contributed by atoms with van der Waals surface area (Å²) in [5, 5.41) is 0. The van der Waals surface area contributed by atoms with E-state index in [9.17, 15) is 14.4 Å². The van der Waals surface area contributed by atoms with Crippen LogP contribution in [0.3, 0.4) is 0 Å². The van der Waals surface area contributed by atoms with Crippen molar-refractivity contribution in [2.75, 3.05) is 13.2 Å². The van der Waals surface area contributed by atoms with Crippen molar-refractivity contribution >= 4 is 17.9 Å². The normalized spacial score (nSPS) is 12.5. The van der Waals surface area contributed by atoms with Crippen molar-refractivity contribution in [1.29, 1.82) is 0 Å². The third kappa shape index (κ3) is 53.9. The third-order valence-corrected chi connectivity index (χ3v) is 12.4. The van der Waals surface area contributed by atoms with Crippen LogP contribution in [0.15, 0.2) is 60.8 Å². The van der Waals surface area contributed by atoms with Gasteiger partial charge in [-0.05, 0) is 103 Å². The Hall–Kier alpha value is -2.89. The molecule has 0 amide bonds. The predicted octanol–water partition coefficient (Wildman–Crippen LogP) is 19.2. The molecule has 0 aromatic rings. The van der Waals surface area contributed by atoms with E-state index in [1.807, 2.05) is 0 Å². The molecule has 0 aromatic heterocycles. The Labute approximate surface area is 415 Å². The van der Waals surface area contributed by atoms with Gasteiger partial charge in [-0.25, -0.2) is 0 Å². The molecule has 0 saturated heterocycles. The second-order valence-electron chi connectivity index (χ2n) is 19.2. The second-order valence-corrected chi connectivity index (χ2v) is 19.2. The van der Waals surface area contributed by atoms with E-state index in [-0.39, 0.29) is 31.1 Å². The Morgan fingerprint density at radius 3 is 0.910 bits per heavy atom. The van der Waals surface area contributed by atoms with Gasteiger partial charge < -0.3 is 14.2 Å². The number of unbranched alkanes of at least 4 members (excludes halogenated alkanes) is 31. The maximum Gasteiger partial charge on any atom is 0.306 e. The van der Waals surface area contributed by atoms with Crippen LogP contribution < -0.4 is 0 Å². The standard InChI is InChI=1S/C61H108O6/c1-4-7-10-13-16-19-22-24-26-28-30-31-32-34-35-37-39-42-45-48-51-54-60(63)66-57-58(56-65-59(62)53-50-47-44-41-21-18-15-12-9-6-3)67-61(64)55-52-49-46-43-40-38-36-33-29-27-25-23-20-17-14-11-8-5-2/h12,15,20,22-24,27-30,58H,4-11,13-14,16-19,21,25-26,31-57H2,1-3H3/b15-12-,23-20-,24-22-,29-27-,30-28-. The quantitative estimate of drug-likeness (QED) is 0.0262. The molecule has 388 valence electrons. The lowest BCUT2D eigenvalue weighted by molar-refractivity contribution is -0.167. The minimum Gasteiger partial charge on any atom is -0.462 e. The van der Waals surface area contributed by atoms with Crippen molar-refractivity contribution in [1.82, 2.24) is 0 Å². The van der Waals surface area contributed by atoms with E-state index in [0.717, 1.165) is 89.9 Å². The highest BCUT2D eigenvalue weighted by atomic mass is 16.6. The molecular weight excluding hydrogens is 829 g/mol. The van der Waals surface area contributed by atoms with Gasteiger partial charge >= 0.3 is 17.9 Å². The Morgan fingerprint density at radius 2 is 0.567 bits per heavy atom. The Morgan fingerprint density at radius 1 is 0.299 bits per heavy atom. The maximum absolute atomic E-state index is 12.8. The Balaban J connectivity index is 4.31. The molecule has 1 atom stereocenters. The molecule has 0 fully saturated rings. The van der Waals surface area contributed by atoms with Crippen LogP contribution in [0.2, 0.25) is 0 Å². The highest BCUT2D eigenvalue weighted by Crippen LogP contribution is 2.15. The van der Waals surface area contributed by atoms with Gasteiger partial charge in [0.1, 0.15) is 13.2 Å². The van der Waals surface area contributed by atoms with Crippen molar-refractivity contribution in [3.8, 4) is 0 Å². The zero-order chi connectivity index (χ0) is 48.6. The average Bonchev–Trinajstić information content (AvgIpc) is 3.33. The zero-order valence-electron chi connectivity index (χ0n) is 44.4. The minimum atomic E-state index is -0.783. The first-order valence-corrected chi connectivity index (χ1v) is 28.8. The van der Waals surface area contributed by atoms with Gasteiger partial charge in [0.05, 0.1) is 0 Å². The van der Waals surface area contributed by atoms with E-state index in [0.29, 0.717) is 19.3 Å². The van der Waals surface area contributed by atoms with E-state index in [4.69, 9.17) is 14.2 Å². The first-order valence-electron chi connectivity index (χ1n) is 28.8. The van der Waals surface area contributed by atoms with Crippen LogP contribution in [0.4, 0.5) is 0 Å². The number of hydrogen-bond acceptors (Lipinski definition) is 6. The number of esters is 3. The highest BCUT2D eigenvalue weighted by Gasteiger charge is 2.19. The van der Waals surface area contributed by atoms with Crippen molar-refractivity contribution in [2.45, 2.75) is 297 Å². The summed E-state index contributed by atoms with van der Waals surface area (Å²) in [6.45, 7) is 6.55. The minimum absolute atomic E-state index is 0.0817. The van der Waals surface area contributed by atoms with Crippen molar-refractivity contribution in [3.63, 3.8) is 0 Å². The van der Waals surface area contributed by atoms with Crippen molar-refractivity contribution < 1.29 is 28.6 Å². The lowest BCUT2D eigenvalue weighted by atomic mass is 10.1. The lowest BCUT2D eigenvalue weighted by Gasteiger charge is -2.18. The van der Waals surface area contributed by atoms with E-state index in [1.54, 1.807) is 0 Å². The number of hydrogen-bond donors (Lipinski definition) is 0. The van der Waals surface area contributed by atoms with E-state index in [2.05, 4.69) is 81.5 Å². The number of carbonyl (C=O) groups is 3. The number of carbonyl (C=O) groups excluding carboxylic acids is 3. The molecule has 0 aliphatic rings. The molecule has 0 N–H and O–H groups in total. The topological polar surface area (TPSA) is 78.9 Å². The molecule has 1 unspecified atom stereocenters. The van der Waals surface area contributed by atoms with Crippen LogP contribution in [0.5, 0.6) is 0 Å². The fraction of sp³-hybridized carbons (Fsp3) is 0.787. The SMILES string of the molecule is CCC/C=C\CCCCCCCC(=O)OCC(COC(=O)CCCCCCCCCCC/C=C\C/C=C\CCCCCCC)OC(=O)CCCCCCCCC/C=C\C/C=C\CCCCCC. The zero-order valence-corrected chi connectivity index (χ0v) is 44.4. The summed E-state index contributed by atoms with van der Waals surface area (Å²) in [4.78, 5) is 38.1. The summed E-state index contributed by atoms with van der Waals surface area (Å²) in [5.74, 6) is -0.896. The van der Waals surface area contributed by atoms with Gasteiger partial charge in [0.15, 0.2) is 6.10 Å². The van der Waals surface area contributed by atoms with Gasteiger partial charge in [-0.15, -0.1) is 0 Å². The molecular formula is C61H108O6. The highest BCUT2D eigenvalue weighted by molar-refractivity contribution is 5.71. The van der Waals surface area contributed by atoms with Crippen LogP contribution >= 0.6 is 0 Å². The third-order valence-electron chi connectivity index (χ3n) is 12.4. The maximum atomic E-state index is 12.8. The predicted molar refractivity (Wildman–Crippen MR) is 288 cm³/mol. The molecule has 0 saturated carbocycles. The summed E-state index contributed by atoms with van der Waals surface area (Å²) < 4.78 is 16.8.